The minimum Gasteiger partial charge on any atom is -0.486 e. The summed E-state index contributed by atoms with van der Waals surface area (Å²) in [6.07, 6.45) is 4.45. The van der Waals surface area contributed by atoms with Gasteiger partial charge in [0.25, 0.3) is 5.91 Å². The van der Waals surface area contributed by atoms with Crippen molar-refractivity contribution in [1.82, 2.24) is 14.9 Å². The predicted molar refractivity (Wildman–Crippen MR) is 111 cm³/mol. The number of carbonyl (C=O) groups excluding carboxylic acids is 1. The van der Waals surface area contributed by atoms with E-state index in [0.29, 0.717) is 24.5 Å². The van der Waals surface area contributed by atoms with Gasteiger partial charge in [0.2, 0.25) is 0 Å². The van der Waals surface area contributed by atoms with E-state index in [-0.39, 0.29) is 5.91 Å². The number of aryl methyl sites for hydroxylation is 4. The number of nitrogens with one attached hydrogen (secondary N) is 1. The summed E-state index contributed by atoms with van der Waals surface area (Å²) < 4.78 is 7.64. The fourth-order valence-electron chi connectivity index (χ4n) is 3.39. The predicted octanol–water partition coefficient (Wildman–Crippen LogP) is 3.90. The van der Waals surface area contributed by atoms with Gasteiger partial charge < -0.3 is 14.6 Å². The number of imidazole rings is 1. The van der Waals surface area contributed by atoms with Gasteiger partial charge in [-0.05, 0) is 68.1 Å². The van der Waals surface area contributed by atoms with Crippen molar-refractivity contribution in [3.8, 4) is 5.75 Å². The molecule has 0 bridgehead atoms. The highest BCUT2D eigenvalue weighted by Gasteiger charge is 2.08. The third-order valence-electron chi connectivity index (χ3n) is 4.91. The molecule has 1 aromatic heterocycles. The molecule has 0 spiro atoms. The van der Waals surface area contributed by atoms with Gasteiger partial charge in [-0.1, -0.05) is 17.7 Å². The number of ether oxygens (including phenoxy) is 1. The molecule has 1 N–H and O–H groups in total. The van der Waals surface area contributed by atoms with Crippen LogP contribution in [0.15, 0.2) is 48.8 Å². The fourth-order valence-corrected chi connectivity index (χ4v) is 3.39. The van der Waals surface area contributed by atoms with Crippen LogP contribution >= 0.6 is 0 Å². The van der Waals surface area contributed by atoms with E-state index in [1.165, 1.54) is 22.3 Å². The molecule has 5 heteroatoms. The molecule has 0 aliphatic heterocycles. The maximum Gasteiger partial charge on any atom is 0.251 e. The van der Waals surface area contributed by atoms with Gasteiger partial charge in [-0.25, -0.2) is 4.98 Å². The SMILES string of the molecule is Cc1cc(C)c(CCNC(=O)c2ccc(OCc3nccn3C)cc2)c(C)c1. The molecule has 0 unspecified atom stereocenters. The number of hydrogen-bond donors (Lipinski definition) is 1. The van der Waals surface area contributed by atoms with Crippen molar-refractivity contribution < 1.29 is 9.53 Å². The van der Waals surface area contributed by atoms with Crippen LogP contribution in [0.3, 0.4) is 0 Å². The van der Waals surface area contributed by atoms with Crippen LogP contribution in [-0.4, -0.2) is 22.0 Å². The normalized spacial score (nSPS) is 10.7. The quantitative estimate of drug-likeness (QED) is 0.679. The van der Waals surface area contributed by atoms with Crippen LogP contribution in [0.4, 0.5) is 0 Å². The molecule has 146 valence electrons. The van der Waals surface area contributed by atoms with Gasteiger partial charge in [-0.3, -0.25) is 4.79 Å². The summed E-state index contributed by atoms with van der Waals surface area (Å²) in [6, 6.07) is 11.6. The molecule has 0 saturated carbocycles. The summed E-state index contributed by atoms with van der Waals surface area (Å²) in [5.74, 6) is 1.49. The van der Waals surface area contributed by atoms with Gasteiger partial charge in [0.05, 0.1) is 0 Å². The highest BCUT2D eigenvalue weighted by molar-refractivity contribution is 5.94. The average molecular weight is 377 g/mol. The highest BCUT2D eigenvalue weighted by atomic mass is 16.5. The lowest BCUT2D eigenvalue weighted by atomic mass is 9.97. The lowest BCUT2D eigenvalue weighted by Crippen LogP contribution is -2.26. The summed E-state index contributed by atoms with van der Waals surface area (Å²) in [4.78, 5) is 16.6. The number of carbonyl (C=O) groups is 1. The molecule has 2 aromatic carbocycles. The second-order valence-corrected chi connectivity index (χ2v) is 7.15. The second kappa shape index (κ2) is 8.74. The summed E-state index contributed by atoms with van der Waals surface area (Å²) >= 11 is 0. The number of rotatable bonds is 7. The minimum atomic E-state index is -0.0712. The molecule has 3 rings (SSSR count). The number of nitrogens with zero attached hydrogens (tertiary/aromatic N) is 2. The Balaban J connectivity index is 1.51. The summed E-state index contributed by atoms with van der Waals surface area (Å²) in [5.41, 5.74) is 5.76. The summed E-state index contributed by atoms with van der Waals surface area (Å²) in [5, 5.41) is 3.00. The van der Waals surface area contributed by atoms with E-state index in [2.05, 4.69) is 43.2 Å². The van der Waals surface area contributed by atoms with Crippen LogP contribution in [0, 0.1) is 20.8 Å². The van der Waals surface area contributed by atoms with Crippen LogP contribution < -0.4 is 10.1 Å². The molecule has 1 heterocycles. The Hall–Kier alpha value is -3.08. The van der Waals surface area contributed by atoms with Crippen LogP contribution in [0.25, 0.3) is 0 Å². The van der Waals surface area contributed by atoms with E-state index in [9.17, 15) is 4.79 Å². The minimum absolute atomic E-state index is 0.0712. The third-order valence-corrected chi connectivity index (χ3v) is 4.91. The maximum absolute atomic E-state index is 12.4. The zero-order valence-corrected chi connectivity index (χ0v) is 17.0. The molecule has 0 saturated heterocycles. The van der Waals surface area contributed by atoms with Crippen molar-refractivity contribution in [2.75, 3.05) is 6.54 Å². The first-order chi connectivity index (χ1) is 13.4. The zero-order valence-electron chi connectivity index (χ0n) is 17.0. The number of aromatic nitrogens is 2. The molecular formula is C23H27N3O2. The topological polar surface area (TPSA) is 56.1 Å². The maximum atomic E-state index is 12.4. The van der Waals surface area contributed by atoms with Gasteiger partial charge in [0.15, 0.2) is 0 Å². The fraction of sp³-hybridized carbons (Fsp3) is 0.304. The number of amides is 1. The Morgan fingerprint density at radius 1 is 1.11 bits per heavy atom. The molecule has 0 fully saturated rings. The summed E-state index contributed by atoms with van der Waals surface area (Å²) in [6.45, 7) is 7.36. The van der Waals surface area contributed by atoms with Gasteiger partial charge in [0, 0.05) is 31.5 Å². The van der Waals surface area contributed by atoms with Gasteiger partial charge in [-0.2, -0.15) is 0 Å². The first-order valence-electron chi connectivity index (χ1n) is 9.48. The Kier molecular flexibility index (Phi) is 6.14. The van der Waals surface area contributed by atoms with E-state index in [0.717, 1.165) is 12.2 Å². The lowest BCUT2D eigenvalue weighted by Gasteiger charge is -2.12. The van der Waals surface area contributed by atoms with Gasteiger partial charge in [-0.15, -0.1) is 0 Å². The number of hydrogen-bond acceptors (Lipinski definition) is 3. The van der Waals surface area contributed by atoms with E-state index >= 15 is 0 Å². The molecule has 5 nitrogen and oxygen atoms in total. The Bertz CT molecular complexity index is 935. The Morgan fingerprint density at radius 2 is 1.79 bits per heavy atom. The molecule has 1 amide bonds. The highest BCUT2D eigenvalue weighted by Crippen LogP contribution is 2.17. The largest absolute Gasteiger partial charge is 0.486 e. The smallest absolute Gasteiger partial charge is 0.251 e. The van der Waals surface area contributed by atoms with E-state index < -0.39 is 0 Å². The molecule has 0 radical (unpaired) electrons. The van der Waals surface area contributed by atoms with Gasteiger partial charge in [0.1, 0.15) is 18.2 Å². The Morgan fingerprint density at radius 3 is 2.39 bits per heavy atom. The standard InChI is InChI=1S/C23H27N3O2/c1-16-13-17(2)21(18(3)14-16)9-10-25-23(27)19-5-7-20(8-6-19)28-15-22-24-11-12-26(22)4/h5-8,11-14H,9-10,15H2,1-4H3,(H,25,27). The molecule has 0 atom stereocenters. The van der Waals surface area contributed by atoms with Crippen LogP contribution in [0.5, 0.6) is 5.75 Å². The third kappa shape index (κ3) is 4.80. The van der Waals surface area contributed by atoms with Crippen LogP contribution in [-0.2, 0) is 20.1 Å². The molecule has 0 aliphatic carbocycles. The summed E-state index contributed by atoms with van der Waals surface area (Å²) in [7, 11) is 1.93. The first kappa shape index (κ1) is 19.7. The van der Waals surface area contributed by atoms with Gasteiger partial charge >= 0.3 is 0 Å². The van der Waals surface area contributed by atoms with E-state index in [1.807, 2.05) is 29.9 Å². The lowest BCUT2D eigenvalue weighted by molar-refractivity contribution is 0.0954. The van der Waals surface area contributed by atoms with Crippen molar-refractivity contribution in [3.63, 3.8) is 0 Å². The average Bonchev–Trinajstić information content (AvgIpc) is 3.07. The van der Waals surface area contributed by atoms with Crippen LogP contribution in [0.2, 0.25) is 0 Å². The van der Waals surface area contributed by atoms with Crippen molar-refractivity contribution >= 4 is 5.91 Å². The first-order valence-corrected chi connectivity index (χ1v) is 9.48. The molecule has 0 aliphatic rings. The van der Waals surface area contributed by atoms with E-state index in [4.69, 9.17) is 4.74 Å². The molecule has 3 aromatic rings. The zero-order chi connectivity index (χ0) is 20.1. The van der Waals surface area contributed by atoms with Crippen molar-refractivity contribution in [1.29, 1.82) is 0 Å². The van der Waals surface area contributed by atoms with Crippen molar-refractivity contribution in [2.24, 2.45) is 7.05 Å². The monoisotopic (exact) mass is 377 g/mol. The van der Waals surface area contributed by atoms with E-state index in [1.54, 1.807) is 18.3 Å². The molecular weight excluding hydrogens is 350 g/mol. The Labute approximate surface area is 166 Å². The second-order valence-electron chi connectivity index (χ2n) is 7.15. The van der Waals surface area contributed by atoms with Crippen molar-refractivity contribution in [3.05, 3.63) is 82.4 Å². The number of benzene rings is 2. The van der Waals surface area contributed by atoms with Crippen molar-refractivity contribution in [2.45, 2.75) is 33.8 Å². The molecule has 28 heavy (non-hydrogen) atoms. The van der Waals surface area contributed by atoms with Crippen LogP contribution in [0.1, 0.15) is 38.4 Å².